The minimum Gasteiger partial charge on any atom is -0.379 e. The molecule has 7 rings (SSSR count). The number of nitrogens with zero attached hydrogens (tertiary/aromatic N) is 4. The van der Waals surface area contributed by atoms with Gasteiger partial charge >= 0.3 is 10.1 Å². The average Bonchev–Trinajstić information content (AvgIpc) is 3.12. The molecule has 13 heteroatoms. The third-order valence-corrected chi connectivity index (χ3v) is 11.7. The quantitative estimate of drug-likeness (QED) is 0.176. The number of halogens is 1. The molecular formula is C37H34FN5O5S2. The lowest BCUT2D eigenvalue weighted by Gasteiger charge is -2.37. The number of nitrogens with one attached hydrogen (secondary N) is 1. The Bertz CT molecular complexity index is 2340. The molecule has 3 heterocycles. The van der Waals surface area contributed by atoms with Crippen LogP contribution in [0.15, 0.2) is 132 Å². The molecule has 2 aromatic heterocycles. The average molecular weight is 712 g/mol. The van der Waals surface area contributed by atoms with Crippen molar-refractivity contribution >= 4 is 47.4 Å². The molecule has 1 aliphatic rings. The van der Waals surface area contributed by atoms with Crippen LogP contribution in [0.5, 0.6) is 5.75 Å². The van der Waals surface area contributed by atoms with Crippen LogP contribution in [0.3, 0.4) is 0 Å². The van der Waals surface area contributed by atoms with E-state index in [1.54, 1.807) is 91.4 Å². The molecule has 0 saturated carbocycles. The highest BCUT2D eigenvalue weighted by Gasteiger charge is 2.27. The molecule has 0 radical (unpaired) electrons. The molecular weight excluding hydrogens is 678 g/mol. The van der Waals surface area contributed by atoms with E-state index in [1.165, 1.54) is 24.4 Å². The minimum atomic E-state index is -4.15. The highest BCUT2D eigenvalue weighted by Crippen LogP contribution is 2.27. The van der Waals surface area contributed by atoms with E-state index in [-0.39, 0.29) is 21.4 Å². The van der Waals surface area contributed by atoms with Crippen molar-refractivity contribution in [3.8, 4) is 5.75 Å². The summed E-state index contributed by atoms with van der Waals surface area (Å²) in [5.74, 6) is -0.146. The van der Waals surface area contributed by atoms with Gasteiger partial charge in [-0.2, -0.15) is 8.42 Å². The molecule has 1 N–H and O–H groups in total. The molecule has 1 saturated heterocycles. The second-order valence-corrected chi connectivity index (χ2v) is 15.4. The molecule has 0 aliphatic carbocycles. The van der Waals surface area contributed by atoms with Gasteiger partial charge in [-0.3, -0.25) is 14.9 Å². The van der Waals surface area contributed by atoms with Gasteiger partial charge in [0.05, 0.1) is 4.90 Å². The number of rotatable bonds is 11. The summed E-state index contributed by atoms with van der Waals surface area (Å²) in [6.07, 6.45) is 6.67. The SMILES string of the molecule is O=S(=O)(NC(Cc1ccc(OS(=O)(=O)c2cccc3cnccc23)cc1)CN1CCN(c2ccc(F)cc2)CC1)c1cccc2cnccc12. The van der Waals surface area contributed by atoms with Crippen LogP contribution in [0.1, 0.15) is 5.56 Å². The maximum absolute atomic E-state index is 13.9. The predicted octanol–water partition coefficient (Wildman–Crippen LogP) is 5.40. The molecule has 1 aliphatic heterocycles. The van der Waals surface area contributed by atoms with Crippen molar-refractivity contribution in [3.05, 3.63) is 133 Å². The van der Waals surface area contributed by atoms with Gasteiger partial charge in [0.2, 0.25) is 10.0 Å². The number of benzene rings is 4. The Morgan fingerprint density at radius 3 is 1.96 bits per heavy atom. The Balaban J connectivity index is 1.10. The Morgan fingerprint density at radius 2 is 1.32 bits per heavy atom. The maximum Gasteiger partial charge on any atom is 0.339 e. The zero-order chi connectivity index (χ0) is 34.7. The van der Waals surface area contributed by atoms with Crippen molar-refractivity contribution in [2.75, 3.05) is 37.6 Å². The first-order valence-electron chi connectivity index (χ1n) is 16.1. The van der Waals surface area contributed by atoms with Gasteiger partial charge in [0.25, 0.3) is 0 Å². The Morgan fingerprint density at radius 1 is 0.720 bits per heavy atom. The number of piperazine rings is 1. The molecule has 1 unspecified atom stereocenters. The van der Waals surface area contributed by atoms with E-state index >= 15 is 0 Å². The molecule has 4 aromatic carbocycles. The molecule has 256 valence electrons. The molecule has 6 aromatic rings. The summed E-state index contributed by atoms with van der Waals surface area (Å²) in [4.78, 5) is 12.8. The van der Waals surface area contributed by atoms with Crippen LogP contribution in [-0.2, 0) is 26.6 Å². The fraction of sp³-hybridized carbons (Fsp3) is 0.189. The Kier molecular flexibility index (Phi) is 9.47. The number of anilines is 1. The Labute approximate surface area is 290 Å². The number of pyridine rings is 2. The highest BCUT2D eigenvalue weighted by molar-refractivity contribution is 7.89. The largest absolute Gasteiger partial charge is 0.379 e. The van der Waals surface area contributed by atoms with Crippen LogP contribution in [0.4, 0.5) is 10.1 Å². The van der Waals surface area contributed by atoms with E-state index < -0.39 is 26.2 Å². The zero-order valence-electron chi connectivity index (χ0n) is 26.9. The van der Waals surface area contributed by atoms with E-state index in [4.69, 9.17) is 4.18 Å². The summed E-state index contributed by atoms with van der Waals surface area (Å²) < 4.78 is 76.3. The van der Waals surface area contributed by atoms with Gasteiger partial charge in [-0.05, 0) is 72.6 Å². The van der Waals surface area contributed by atoms with Gasteiger partial charge in [-0.15, -0.1) is 0 Å². The first kappa shape index (κ1) is 33.5. The lowest BCUT2D eigenvalue weighted by molar-refractivity contribution is 0.236. The number of hydrogen-bond donors (Lipinski definition) is 1. The maximum atomic E-state index is 13.9. The summed E-state index contributed by atoms with van der Waals surface area (Å²) in [6, 6.07) is 25.9. The van der Waals surface area contributed by atoms with Crippen molar-refractivity contribution in [1.82, 2.24) is 19.6 Å². The molecule has 0 bridgehead atoms. The molecule has 0 spiro atoms. The van der Waals surface area contributed by atoms with Crippen LogP contribution in [0, 0.1) is 5.82 Å². The van der Waals surface area contributed by atoms with Crippen LogP contribution < -0.4 is 13.8 Å². The molecule has 1 atom stereocenters. The van der Waals surface area contributed by atoms with Crippen LogP contribution in [0.2, 0.25) is 0 Å². The normalized spacial score (nSPS) is 14.9. The van der Waals surface area contributed by atoms with Crippen molar-refractivity contribution in [1.29, 1.82) is 0 Å². The van der Waals surface area contributed by atoms with Crippen LogP contribution in [-0.4, -0.2) is 70.5 Å². The molecule has 1 fully saturated rings. The van der Waals surface area contributed by atoms with Crippen molar-refractivity contribution in [3.63, 3.8) is 0 Å². The van der Waals surface area contributed by atoms with Gasteiger partial charge in [0.1, 0.15) is 16.5 Å². The molecule has 10 nitrogen and oxygen atoms in total. The third-order valence-electron chi connectivity index (χ3n) is 8.82. The fourth-order valence-corrected chi connectivity index (χ4v) is 8.97. The van der Waals surface area contributed by atoms with E-state index in [0.29, 0.717) is 55.3 Å². The van der Waals surface area contributed by atoms with Gasteiger partial charge < -0.3 is 9.08 Å². The van der Waals surface area contributed by atoms with E-state index in [9.17, 15) is 21.2 Å². The summed E-state index contributed by atoms with van der Waals surface area (Å²) in [7, 11) is -8.10. The van der Waals surface area contributed by atoms with Gasteiger partial charge in [-0.1, -0.05) is 36.4 Å². The Hall–Kier alpha value is -4.95. The summed E-state index contributed by atoms with van der Waals surface area (Å²) >= 11 is 0. The standard InChI is InChI=1S/C37H34FN5O5S2/c38-30-9-11-32(12-10-30)43-21-19-42(20-22-43)26-31(41-49(44,45)36-5-1-3-28-24-39-17-15-34(28)36)23-27-7-13-33(14-8-27)48-50(46,47)37-6-2-4-29-25-40-18-16-35(29)37/h1-18,24-25,31,41H,19-23,26H2. The predicted molar refractivity (Wildman–Crippen MR) is 191 cm³/mol. The number of fused-ring (bicyclic) bond motifs is 2. The molecule has 50 heavy (non-hydrogen) atoms. The van der Waals surface area contributed by atoms with Gasteiger partial charge in [-0.25, -0.2) is 17.5 Å². The topological polar surface area (TPSA) is 122 Å². The van der Waals surface area contributed by atoms with Crippen molar-refractivity contribution in [2.45, 2.75) is 22.3 Å². The molecule has 0 amide bonds. The van der Waals surface area contributed by atoms with Crippen LogP contribution in [0.25, 0.3) is 21.5 Å². The first-order chi connectivity index (χ1) is 24.1. The van der Waals surface area contributed by atoms with E-state index in [0.717, 1.165) is 16.6 Å². The van der Waals surface area contributed by atoms with Gasteiger partial charge in [0, 0.05) is 90.8 Å². The highest BCUT2D eigenvalue weighted by atomic mass is 32.2. The number of hydrogen-bond acceptors (Lipinski definition) is 9. The van der Waals surface area contributed by atoms with Gasteiger partial charge in [0.15, 0.2) is 0 Å². The fourth-order valence-electron chi connectivity index (χ4n) is 6.35. The zero-order valence-corrected chi connectivity index (χ0v) is 28.5. The smallest absolute Gasteiger partial charge is 0.339 e. The number of sulfonamides is 1. The van der Waals surface area contributed by atoms with E-state index in [1.807, 2.05) is 6.07 Å². The van der Waals surface area contributed by atoms with Crippen LogP contribution >= 0.6 is 0 Å². The second-order valence-electron chi connectivity index (χ2n) is 12.2. The monoisotopic (exact) mass is 711 g/mol. The van der Waals surface area contributed by atoms with Crippen molar-refractivity contribution < 1.29 is 25.4 Å². The van der Waals surface area contributed by atoms with Crippen molar-refractivity contribution in [2.24, 2.45) is 0 Å². The summed E-state index contributed by atoms with van der Waals surface area (Å²) in [6.45, 7) is 3.21. The van der Waals surface area contributed by atoms with E-state index in [2.05, 4.69) is 24.5 Å². The summed E-state index contributed by atoms with van der Waals surface area (Å²) in [5, 5.41) is 2.48. The number of aromatic nitrogens is 2. The lowest BCUT2D eigenvalue weighted by Crippen LogP contribution is -2.52. The minimum absolute atomic E-state index is 0.0414. The summed E-state index contributed by atoms with van der Waals surface area (Å²) in [5.41, 5.74) is 1.74. The second kappa shape index (κ2) is 14.1. The lowest BCUT2D eigenvalue weighted by atomic mass is 10.1. The third kappa shape index (κ3) is 7.45. The first-order valence-corrected chi connectivity index (χ1v) is 19.0.